The Morgan fingerprint density at radius 3 is 2.62 bits per heavy atom. The predicted octanol–water partition coefficient (Wildman–Crippen LogP) is 3.86. The van der Waals surface area contributed by atoms with Crippen LogP contribution in [0.1, 0.15) is 58.8 Å². The van der Waals surface area contributed by atoms with E-state index in [4.69, 9.17) is 0 Å². The standard InChI is InChI=1S/C17H23N3O/c1-16(2)8-12-14(13(21)9-16)17(6-4-3-5-7-17)11-10-18-20-15(11)19-12/h19H,3-10H2,1-2H3. The highest BCUT2D eigenvalue weighted by atomic mass is 16.1. The molecule has 0 aromatic carbocycles. The van der Waals surface area contributed by atoms with E-state index in [1.54, 1.807) is 0 Å². The van der Waals surface area contributed by atoms with Crippen molar-refractivity contribution in [3.8, 4) is 0 Å². The highest BCUT2D eigenvalue weighted by Crippen LogP contribution is 2.56. The van der Waals surface area contributed by atoms with E-state index in [0.29, 0.717) is 18.7 Å². The van der Waals surface area contributed by atoms with Gasteiger partial charge < -0.3 is 5.32 Å². The number of nitrogens with zero attached hydrogens (tertiary/aromatic N) is 2. The fraction of sp³-hybridized carbons (Fsp3) is 0.706. The van der Waals surface area contributed by atoms with Gasteiger partial charge in [0.1, 0.15) is 0 Å². The molecule has 4 nitrogen and oxygen atoms in total. The van der Waals surface area contributed by atoms with Crippen molar-refractivity contribution in [1.82, 2.24) is 5.32 Å². The average molecular weight is 285 g/mol. The summed E-state index contributed by atoms with van der Waals surface area (Å²) < 4.78 is 0. The quantitative estimate of drug-likeness (QED) is 0.734. The Bertz CT molecular complexity index is 604. The van der Waals surface area contributed by atoms with Crippen molar-refractivity contribution in [2.75, 3.05) is 6.54 Å². The molecule has 2 aliphatic heterocycles. The summed E-state index contributed by atoms with van der Waals surface area (Å²) in [6, 6.07) is 0. The van der Waals surface area contributed by atoms with Gasteiger partial charge >= 0.3 is 0 Å². The molecule has 0 amide bonds. The number of hydrogen-bond donors (Lipinski definition) is 1. The van der Waals surface area contributed by atoms with Gasteiger partial charge in [0.2, 0.25) is 0 Å². The summed E-state index contributed by atoms with van der Waals surface area (Å²) in [6.45, 7) is 5.05. The molecule has 0 aromatic heterocycles. The first kappa shape index (κ1) is 13.2. The first-order valence-corrected chi connectivity index (χ1v) is 8.17. The minimum atomic E-state index is -0.0503. The van der Waals surface area contributed by atoms with Crippen LogP contribution in [-0.2, 0) is 4.79 Å². The van der Waals surface area contributed by atoms with Crippen LogP contribution in [0.5, 0.6) is 0 Å². The van der Waals surface area contributed by atoms with E-state index in [1.807, 2.05) is 0 Å². The zero-order chi connectivity index (χ0) is 14.7. The van der Waals surface area contributed by atoms with Gasteiger partial charge in [0.15, 0.2) is 11.6 Å². The third kappa shape index (κ3) is 1.84. The number of carbonyl (C=O) groups excluding carboxylic acids is 1. The van der Waals surface area contributed by atoms with Crippen LogP contribution in [0.2, 0.25) is 0 Å². The molecule has 1 saturated carbocycles. The van der Waals surface area contributed by atoms with Gasteiger partial charge in [0, 0.05) is 28.7 Å². The van der Waals surface area contributed by atoms with E-state index in [0.717, 1.165) is 36.4 Å². The summed E-state index contributed by atoms with van der Waals surface area (Å²) in [5.41, 5.74) is 3.51. The molecule has 1 N–H and O–H groups in total. The lowest BCUT2D eigenvalue weighted by Crippen LogP contribution is -2.44. The van der Waals surface area contributed by atoms with Crippen molar-refractivity contribution >= 4 is 5.78 Å². The van der Waals surface area contributed by atoms with Crippen molar-refractivity contribution in [3.63, 3.8) is 0 Å². The van der Waals surface area contributed by atoms with E-state index >= 15 is 0 Å². The first-order chi connectivity index (χ1) is 10.0. The van der Waals surface area contributed by atoms with Crippen molar-refractivity contribution < 1.29 is 4.79 Å². The largest absolute Gasteiger partial charge is 0.342 e. The summed E-state index contributed by atoms with van der Waals surface area (Å²) in [4.78, 5) is 12.9. The molecule has 0 unspecified atom stereocenters. The van der Waals surface area contributed by atoms with Gasteiger partial charge in [-0.25, -0.2) is 0 Å². The number of dihydropyridines is 1. The number of ketones is 1. The lowest BCUT2D eigenvalue weighted by atomic mass is 9.58. The molecule has 4 heteroatoms. The van der Waals surface area contributed by atoms with Crippen LogP contribution in [0.15, 0.2) is 32.9 Å². The number of hydrogen-bond acceptors (Lipinski definition) is 4. The van der Waals surface area contributed by atoms with Gasteiger partial charge in [-0.15, -0.1) is 5.11 Å². The van der Waals surface area contributed by atoms with Gasteiger partial charge in [-0.05, 0) is 24.7 Å². The number of rotatable bonds is 0. The van der Waals surface area contributed by atoms with Crippen molar-refractivity contribution in [3.05, 3.63) is 22.7 Å². The van der Waals surface area contributed by atoms with Crippen molar-refractivity contribution in [1.29, 1.82) is 0 Å². The van der Waals surface area contributed by atoms with Crippen LogP contribution >= 0.6 is 0 Å². The maximum atomic E-state index is 12.9. The molecule has 4 aliphatic rings. The number of fused-ring (bicyclic) bond motifs is 2. The Balaban J connectivity index is 1.86. The van der Waals surface area contributed by atoms with Gasteiger partial charge in [0.05, 0.1) is 6.54 Å². The minimum Gasteiger partial charge on any atom is -0.342 e. The summed E-state index contributed by atoms with van der Waals surface area (Å²) in [6.07, 6.45) is 7.53. The third-order valence-electron chi connectivity index (χ3n) is 5.59. The molecule has 0 atom stereocenters. The highest BCUT2D eigenvalue weighted by Gasteiger charge is 2.51. The molecular formula is C17H23N3O. The van der Waals surface area contributed by atoms with Crippen molar-refractivity contribution in [2.24, 2.45) is 21.1 Å². The number of carbonyl (C=O) groups is 1. The molecule has 4 rings (SSSR count). The third-order valence-corrected chi connectivity index (χ3v) is 5.59. The summed E-state index contributed by atoms with van der Waals surface area (Å²) >= 11 is 0. The van der Waals surface area contributed by atoms with E-state index in [-0.39, 0.29) is 10.8 Å². The van der Waals surface area contributed by atoms with E-state index in [9.17, 15) is 4.79 Å². The maximum Gasteiger partial charge on any atom is 0.162 e. The Labute approximate surface area is 125 Å². The number of allylic oxidation sites excluding steroid dienone is 2. The Morgan fingerprint density at radius 2 is 1.86 bits per heavy atom. The Morgan fingerprint density at radius 1 is 1.10 bits per heavy atom. The van der Waals surface area contributed by atoms with Gasteiger partial charge in [-0.1, -0.05) is 33.1 Å². The van der Waals surface area contributed by atoms with Crippen LogP contribution in [0.3, 0.4) is 0 Å². The van der Waals surface area contributed by atoms with Crippen molar-refractivity contribution in [2.45, 2.75) is 58.8 Å². The molecule has 112 valence electrons. The van der Waals surface area contributed by atoms with E-state index in [2.05, 4.69) is 29.4 Å². The van der Waals surface area contributed by atoms with Gasteiger partial charge in [-0.3, -0.25) is 4.79 Å². The number of azo groups is 1. The molecule has 0 radical (unpaired) electrons. The van der Waals surface area contributed by atoms with E-state index < -0.39 is 0 Å². The molecule has 0 saturated heterocycles. The number of nitrogens with one attached hydrogen (secondary N) is 1. The summed E-state index contributed by atoms with van der Waals surface area (Å²) in [5.74, 6) is 1.30. The maximum absolute atomic E-state index is 12.9. The second kappa shape index (κ2) is 4.28. The average Bonchev–Trinajstić information content (AvgIpc) is 2.86. The van der Waals surface area contributed by atoms with E-state index in [1.165, 1.54) is 24.8 Å². The smallest absolute Gasteiger partial charge is 0.162 e. The normalized spacial score (nSPS) is 29.5. The molecule has 0 bridgehead atoms. The highest BCUT2D eigenvalue weighted by molar-refractivity contribution is 6.00. The molecule has 1 spiro atoms. The monoisotopic (exact) mass is 285 g/mol. The summed E-state index contributed by atoms with van der Waals surface area (Å²) in [7, 11) is 0. The fourth-order valence-corrected chi connectivity index (χ4v) is 4.77. The molecule has 2 heterocycles. The van der Waals surface area contributed by atoms with Crippen LogP contribution in [0.25, 0.3) is 0 Å². The predicted molar refractivity (Wildman–Crippen MR) is 80.5 cm³/mol. The minimum absolute atomic E-state index is 0.0482. The van der Waals surface area contributed by atoms with Crippen LogP contribution in [-0.4, -0.2) is 12.3 Å². The Hall–Kier alpha value is -1.45. The molecular weight excluding hydrogens is 262 g/mol. The SMILES string of the molecule is CC1(C)CC(=O)C2=C(C1)NC1=C(CN=N1)C21CCCCC1. The molecule has 0 aromatic rings. The van der Waals surface area contributed by atoms with Gasteiger partial charge in [0.25, 0.3) is 0 Å². The first-order valence-electron chi connectivity index (χ1n) is 8.17. The molecule has 2 aliphatic carbocycles. The molecule has 21 heavy (non-hydrogen) atoms. The zero-order valence-corrected chi connectivity index (χ0v) is 13.0. The second-order valence-electron chi connectivity index (χ2n) is 7.79. The topological polar surface area (TPSA) is 53.8 Å². The van der Waals surface area contributed by atoms with Crippen LogP contribution in [0, 0.1) is 10.8 Å². The second-order valence-corrected chi connectivity index (χ2v) is 7.79. The van der Waals surface area contributed by atoms with Crippen LogP contribution in [0.4, 0.5) is 0 Å². The lowest BCUT2D eigenvalue weighted by Gasteiger charge is -2.47. The summed E-state index contributed by atoms with van der Waals surface area (Å²) in [5, 5.41) is 12.0. The zero-order valence-electron chi connectivity index (χ0n) is 13.0. The lowest BCUT2D eigenvalue weighted by molar-refractivity contribution is -0.119. The number of Topliss-reactive ketones (excluding diaryl/α,β-unsaturated/α-hetero) is 1. The molecule has 1 fully saturated rings. The van der Waals surface area contributed by atoms with Crippen LogP contribution < -0.4 is 5.32 Å². The fourth-order valence-electron chi connectivity index (χ4n) is 4.77. The Kier molecular flexibility index (Phi) is 2.69. The van der Waals surface area contributed by atoms with Gasteiger partial charge in [-0.2, -0.15) is 5.11 Å².